The molecule has 1 radical (unpaired) electrons. The van der Waals surface area contributed by atoms with Crippen molar-refractivity contribution >= 4 is 27.5 Å². The topological polar surface area (TPSA) is 0 Å². The van der Waals surface area contributed by atoms with Gasteiger partial charge in [-0.2, -0.15) is 18.2 Å². The van der Waals surface area contributed by atoms with Crippen LogP contribution >= 0.6 is 27.5 Å². The summed E-state index contributed by atoms with van der Waals surface area (Å²) in [5.41, 5.74) is 0. The summed E-state index contributed by atoms with van der Waals surface area (Å²) < 4.78 is 12.9. The molecule has 1 aromatic rings. The number of halogens is 3. The van der Waals surface area contributed by atoms with Crippen LogP contribution in [0.4, 0.5) is 4.39 Å². The summed E-state index contributed by atoms with van der Waals surface area (Å²) in [6.45, 7) is 0. The van der Waals surface area contributed by atoms with Crippen molar-refractivity contribution in [3.8, 4) is 0 Å². The molecule has 0 aliphatic rings. The molecule has 0 saturated carbocycles. The van der Waals surface area contributed by atoms with Crippen molar-refractivity contribution < 1.29 is 24.8 Å². The Hall–Kier alpha value is 0.582. The van der Waals surface area contributed by atoms with Gasteiger partial charge in [-0.3, -0.25) is 4.39 Å². The van der Waals surface area contributed by atoms with E-state index in [-0.39, 0.29) is 25.4 Å². The van der Waals surface area contributed by atoms with E-state index in [9.17, 15) is 4.39 Å². The summed E-state index contributed by atoms with van der Waals surface area (Å²) in [4.78, 5) is 0. The van der Waals surface area contributed by atoms with Gasteiger partial charge in [0.2, 0.25) is 0 Å². The Kier molecular flexibility index (Phi) is 4.72. The van der Waals surface area contributed by atoms with E-state index in [4.69, 9.17) is 11.6 Å². The van der Waals surface area contributed by atoms with Gasteiger partial charge in [-0.05, 0) is 5.02 Å². The molecule has 0 nitrogen and oxygen atoms in total. The minimum atomic E-state index is -0.459. The van der Waals surface area contributed by atoms with Gasteiger partial charge in [0.25, 0.3) is 0 Å². The van der Waals surface area contributed by atoms with E-state index < -0.39 is 5.82 Å². The number of hydrogen-bond donors (Lipinski definition) is 0. The zero-order valence-electron chi connectivity index (χ0n) is 4.67. The van der Waals surface area contributed by atoms with E-state index in [2.05, 4.69) is 22.0 Å². The first-order valence-corrected chi connectivity index (χ1v) is 3.40. The molecule has 0 fully saturated rings. The maximum atomic E-state index is 12.5. The van der Waals surface area contributed by atoms with Crippen molar-refractivity contribution in [1.82, 2.24) is 0 Å². The van der Waals surface area contributed by atoms with E-state index in [1.165, 1.54) is 0 Å². The van der Waals surface area contributed by atoms with Crippen molar-refractivity contribution in [2.75, 3.05) is 0 Å². The molecule has 0 saturated heterocycles. The van der Waals surface area contributed by atoms with Crippen LogP contribution in [0.15, 0.2) is 16.6 Å². The molecule has 0 bridgehead atoms. The molecule has 10 heavy (non-hydrogen) atoms. The first kappa shape index (κ1) is 10.6. The molecule has 1 aromatic carbocycles. The van der Waals surface area contributed by atoms with E-state index in [0.717, 1.165) is 0 Å². The summed E-state index contributed by atoms with van der Waals surface area (Å²) in [5.74, 6) is -0.459. The van der Waals surface area contributed by atoms with Crippen molar-refractivity contribution in [2.24, 2.45) is 0 Å². The minimum Gasteiger partial charge on any atom is -0.282 e. The standard InChI is InChI=1S/C6H2BrClF.Re/c7-4-2-1-3-5(8)6(4)9;/h1-2H;/q-1;. The monoisotopic (exact) mass is 394 g/mol. The van der Waals surface area contributed by atoms with Crippen LogP contribution < -0.4 is 0 Å². The third kappa shape index (κ3) is 2.32. The van der Waals surface area contributed by atoms with E-state index >= 15 is 0 Å². The van der Waals surface area contributed by atoms with Gasteiger partial charge in [0.15, 0.2) is 0 Å². The normalized spacial score (nSPS) is 8.70. The Balaban J connectivity index is 0.000000810. The zero-order chi connectivity index (χ0) is 6.85. The van der Waals surface area contributed by atoms with Crippen molar-refractivity contribution in [3.63, 3.8) is 0 Å². The molecule has 55 valence electrons. The Labute approximate surface area is 85.5 Å². The maximum absolute atomic E-state index is 12.5. The Morgan fingerprint density at radius 2 is 2.20 bits per heavy atom. The fourth-order valence-corrected chi connectivity index (χ4v) is 1.04. The summed E-state index contributed by atoms with van der Waals surface area (Å²) in [7, 11) is 0. The number of benzene rings is 1. The second-order valence-electron chi connectivity index (χ2n) is 1.45. The average Bonchev–Trinajstić information content (AvgIpc) is 1.83. The number of hydrogen-bond acceptors (Lipinski definition) is 0. The predicted octanol–water partition coefficient (Wildman–Crippen LogP) is 3.04. The van der Waals surface area contributed by atoms with Gasteiger partial charge in [-0.25, -0.2) is 0 Å². The van der Waals surface area contributed by atoms with Crippen LogP contribution in [0, 0.1) is 11.9 Å². The molecule has 0 unspecified atom stereocenters. The van der Waals surface area contributed by atoms with E-state index in [1.54, 1.807) is 12.1 Å². The summed E-state index contributed by atoms with van der Waals surface area (Å²) >= 11 is 8.32. The fourth-order valence-electron chi connectivity index (χ4n) is 0.429. The van der Waals surface area contributed by atoms with E-state index in [1.807, 2.05) is 0 Å². The maximum Gasteiger partial charge on any atom is 0.0406 e. The van der Waals surface area contributed by atoms with Crippen LogP contribution in [-0.4, -0.2) is 0 Å². The zero-order valence-corrected chi connectivity index (χ0v) is 9.72. The van der Waals surface area contributed by atoms with Crippen LogP contribution in [0.25, 0.3) is 0 Å². The molecular formula is C6H2BrClFRe-. The van der Waals surface area contributed by atoms with Crippen molar-refractivity contribution in [1.29, 1.82) is 0 Å². The van der Waals surface area contributed by atoms with Gasteiger partial charge < -0.3 is 0 Å². The quantitative estimate of drug-likeness (QED) is 0.469. The van der Waals surface area contributed by atoms with Gasteiger partial charge in [-0.15, -0.1) is 11.6 Å². The van der Waals surface area contributed by atoms with Crippen LogP contribution in [-0.2, 0) is 20.4 Å². The average molecular weight is 395 g/mol. The van der Waals surface area contributed by atoms with Crippen molar-refractivity contribution in [2.45, 2.75) is 0 Å². The van der Waals surface area contributed by atoms with Gasteiger partial charge in [0.05, 0.1) is 0 Å². The smallest absolute Gasteiger partial charge is 0.0406 e. The SMILES string of the molecule is Fc1c(Cl)[c-]ccc1Br.[Re]. The summed E-state index contributed by atoms with van der Waals surface area (Å²) in [5, 5.41) is 0.0179. The molecule has 1 rings (SSSR count). The summed E-state index contributed by atoms with van der Waals surface area (Å²) in [6.07, 6.45) is 0. The second kappa shape index (κ2) is 4.46. The first-order valence-electron chi connectivity index (χ1n) is 2.23. The second-order valence-corrected chi connectivity index (χ2v) is 2.69. The Morgan fingerprint density at radius 1 is 1.60 bits per heavy atom. The minimum absolute atomic E-state index is 0. The molecule has 0 aliphatic heterocycles. The van der Waals surface area contributed by atoms with E-state index in [0.29, 0.717) is 4.47 Å². The first-order chi connectivity index (χ1) is 4.22. The Morgan fingerprint density at radius 3 is 2.60 bits per heavy atom. The molecule has 0 aromatic heterocycles. The van der Waals surface area contributed by atoms with Crippen LogP contribution in [0.1, 0.15) is 0 Å². The molecule has 0 atom stereocenters. The van der Waals surface area contributed by atoms with Crippen molar-refractivity contribution in [3.05, 3.63) is 33.5 Å². The van der Waals surface area contributed by atoms with Crippen LogP contribution in [0.2, 0.25) is 5.02 Å². The van der Waals surface area contributed by atoms with Gasteiger partial charge in [0.1, 0.15) is 0 Å². The largest absolute Gasteiger partial charge is 0.282 e. The fraction of sp³-hybridized carbons (Fsp3) is 0. The Bertz CT molecular complexity index is 209. The molecular weight excluding hydrogens is 393 g/mol. The van der Waals surface area contributed by atoms with Gasteiger partial charge in [0, 0.05) is 26.2 Å². The third-order valence-electron chi connectivity index (χ3n) is 0.842. The van der Waals surface area contributed by atoms with Crippen LogP contribution in [0.5, 0.6) is 0 Å². The van der Waals surface area contributed by atoms with Gasteiger partial charge in [-0.1, -0.05) is 20.4 Å². The molecule has 0 amide bonds. The predicted molar refractivity (Wildman–Crippen MR) is 37.9 cm³/mol. The molecule has 0 aliphatic carbocycles. The molecule has 4 heteroatoms. The third-order valence-corrected chi connectivity index (χ3v) is 1.73. The molecule has 0 spiro atoms. The van der Waals surface area contributed by atoms with Crippen LogP contribution in [0.3, 0.4) is 0 Å². The number of rotatable bonds is 0. The summed E-state index contributed by atoms with van der Waals surface area (Å²) in [6, 6.07) is 5.59. The molecule has 0 N–H and O–H groups in total. The molecule has 0 heterocycles. The van der Waals surface area contributed by atoms with Gasteiger partial charge >= 0.3 is 0 Å².